The van der Waals surface area contributed by atoms with Crippen LogP contribution in [0.2, 0.25) is 0 Å². The average Bonchev–Trinajstić information content (AvgIpc) is 2.70. The highest BCUT2D eigenvalue weighted by Gasteiger charge is 2.28. The first-order valence-corrected chi connectivity index (χ1v) is 6.04. The number of nitrogens with zero attached hydrogens (tertiary/aromatic N) is 2. The van der Waals surface area contributed by atoms with Crippen LogP contribution in [-0.2, 0) is 6.54 Å². The molecule has 16 heavy (non-hydrogen) atoms. The van der Waals surface area contributed by atoms with Gasteiger partial charge in [0, 0.05) is 31.2 Å². The third-order valence-electron chi connectivity index (χ3n) is 3.27. The van der Waals surface area contributed by atoms with Gasteiger partial charge in [-0.15, -0.1) is 0 Å². The molecule has 4 heteroatoms. The summed E-state index contributed by atoms with van der Waals surface area (Å²) in [6, 6.07) is 3.09. The summed E-state index contributed by atoms with van der Waals surface area (Å²) in [7, 11) is 0. The van der Waals surface area contributed by atoms with Gasteiger partial charge in [-0.2, -0.15) is 0 Å². The summed E-state index contributed by atoms with van der Waals surface area (Å²) in [5, 5.41) is 7.29. The van der Waals surface area contributed by atoms with E-state index in [2.05, 4.69) is 36.1 Å². The highest BCUT2D eigenvalue weighted by atomic mass is 16.5. The molecule has 2 heterocycles. The van der Waals surface area contributed by atoms with E-state index >= 15 is 0 Å². The van der Waals surface area contributed by atoms with E-state index in [-0.39, 0.29) is 0 Å². The Morgan fingerprint density at radius 3 is 3.06 bits per heavy atom. The normalized spacial score (nSPS) is 27.5. The van der Waals surface area contributed by atoms with Gasteiger partial charge in [-0.05, 0) is 12.8 Å². The van der Waals surface area contributed by atoms with Gasteiger partial charge in [0.1, 0.15) is 0 Å². The van der Waals surface area contributed by atoms with Gasteiger partial charge in [-0.1, -0.05) is 19.0 Å². The predicted octanol–water partition coefficient (Wildman–Crippen LogP) is 1.49. The van der Waals surface area contributed by atoms with Gasteiger partial charge in [0.2, 0.25) is 0 Å². The maximum absolute atomic E-state index is 5.19. The van der Waals surface area contributed by atoms with E-state index in [1.165, 1.54) is 0 Å². The summed E-state index contributed by atoms with van der Waals surface area (Å²) in [6.45, 7) is 9.78. The van der Waals surface area contributed by atoms with E-state index in [4.69, 9.17) is 4.52 Å². The zero-order valence-corrected chi connectivity index (χ0v) is 10.3. The predicted molar refractivity (Wildman–Crippen MR) is 63.0 cm³/mol. The van der Waals surface area contributed by atoms with Gasteiger partial charge in [-0.25, -0.2) is 0 Å². The lowest BCUT2D eigenvalue weighted by Crippen LogP contribution is -2.56. The fraction of sp³-hybridized carbons (Fsp3) is 0.750. The minimum atomic E-state index is 0.554. The van der Waals surface area contributed by atoms with E-state index in [1.807, 2.05) is 6.07 Å². The minimum Gasteiger partial charge on any atom is -0.360 e. The van der Waals surface area contributed by atoms with Crippen molar-refractivity contribution in [1.29, 1.82) is 0 Å². The molecule has 0 spiro atoms. The summed E-state index contributed by atoms with van der Waals surface area (Å²) >= 11 is 0. The molecule has 0 radical (unpaired) electrons. The first kappa shape index (κ1) is 11.6. The number of hydrogen-bond acceptors (Lipinski definition) is 4. The largest absolute Gasteiger partial charge is 0.360 e. The molecule has 1 N–H and O–H groups in total. The fourth-order valence-corrected chi connectivity index (χ4v) is 2.37. The Kier molecular flexibility index (Phi) is 3.61. The Morgan fingerprint density at radius 1 is 1.62 bits per heavy atom. The second-order valence-corrected chi connectivity index (χ2v) is 5.03. The number of rotatable bonds is 3. The summed E-state index contributed by atoms with van der Waals surface area (Å²) in [6.07, 6.45) is 1.71. The molecule has 1 aromatic heterocycles. The molecule has 1 aliphatic rings. The van der Waals surface area contributed by atoms with Gasteiger partial charge in [-0.3, -0.25) is 4.90 Å². The summed E-state index contributed by atoms with van der Waals surface area (Å²) in [4.78, 5) is 2.49. The number of piperazine rings is 1. The maximum Gasteiger partial charge on any atom is 0.150 e. The zero-order valence-electron chi connectivity index (χ0n) is 10.3. The van der Waals surface area contributed by atoms with Crippen molar-refractivity contribution in [2.75, 3.05) is 13.1 Å². The van der Waals surface area contributed by atoms with Crippen LogP contribution in [-0.4, -0.2) is 35.2 Å². The lowest BCUT2D eigenvalue weighted by atomic mass is 9.98. The van der Waals surface area contributed by atoms with Crippen LogP contribution in [0, 0.1) is 5.92 Å². The number of aromatic nitrogens is 1. The molecule has 2 atom stereocenters. The van der Waals surface area contributed by atoms with Crippen LogP contribution in [0.4, 0.5) is 0 Å². The molecule has 1 aliphatic heterocycles. The Balaban J connectivity index is 2.02. The molecule has 4 nitrogen and oxygen atoms in total. The standard InChI is InChI=1S/C12H21N3O/c1-9(2)12-6-13-10(3)7-15(12)8-11-4-5-14-16-11/h4-5,9-10,12-13H,6-8H2,1-3H3. The van der Waals surface area contributed by atoms with Crippen LogP contribution in [0.15, 0.2) is 16.8 Å². The van der Waals surface area contributed by atoms with Gasteiger partial charge >= 0.3 is 0 Å². The first-order valence-electron chi connectivity index (χ1n) is 6.04. The monoisotopic (exact) mass is 223 g/mol. The van der Waals surface area contributed by atoms with E-state index < -0.39 is 0 Å². The van der Waals surface area contributed by atoms with Gasteiger partial charge < -0.3 is 9.84 Å². The second kappa shape index (κ2) is 4.97. The smallest absolute Gasteiger partial charge is 0.150 e. The molecule has 1 fully saturated rings. The van der Waals surface area contributed by atoms with Gasteiger partial charge in [0.15, 0.2) is 5.76 Å². The molecule has 1 aromatic rings. The highest BCUT2D eigenvalue weighted by Crippen LogP contribution is 2.17. The molecule has 0 amide bonds. The summed E-state index contributed by atoms with van der Waals surface area (Å²) in [5.74, 6) is 1.61. The van der Waals surface area contributed by atoms with Crippen LogP contribution >= 0.6 is 0 Å². The lowest BCUT2D eigenvalue weighted by molar-refractivity contribution is 0.0860. The van der Waals surface area contributed by atoms with E-state index in [0.29, 0.717) is 18.0 Å². The first-order chi connectivity index (χ1) is 7.66. The number of hydrogen-bond donors (Lipinski definition) is 1. The molecule has 2 unspecified atom stereocenters. The lowest BCUT2D eigenvalue weighted by Gasteiger charge is -2.40. The number of nitrogens with one attached hydrogen (secondary N) is 1. The third kappa shape index (κ3) is 2.62. The average molecular weight is 223 g/mol. The van der Waals surface area contributed by atoms with Crippen LogP contribution in [0.1, 0.15) is 26.5 Å². The van der Waals surface area contributed by atoms with Crippen molar-refractivity contribution in [3.05, 3.63) is 18.0 Å². The summed E-state index contributed by atoms with van der Waals surface area (Å²) < 4.78 is 5.19. The van der Waals surface area contributed by atoms with E-state index in [0.717, 1.165) is 25.4 Å². The van der Waals surface area contributed by atoms with Crippen molar-refractivity contribution in [3.8, 4) is 0 Å². The fourth-order valence-electron chi connectivity index (χ4n) is 2.37. The SMILES string of the molecule is CC1CN(Cc2ccno2)C(C(C)C)CN1. The molecule has 0 aliphatic carbocycles. The van der Waals surface area contributed by atoms with Crippen molar-refractivity contribution in [2.24, 2.45) is 5.92 Å². The Bertz CT molecular complexity index is 310. The van der Waals surface area contributed by atoms with Crippen molar-refractivity contribution in [3.63, 3.8) is 0 Å². The van der Waals surface area contributed by atoms with Crippen LogP contribution in [0.25, 0.3) is 0 Å². The molecule has 90 valence electrons. The minimum absolute atomic E-state index is 0.554. The Morgan fingerprint density at radius 2 is 2.44 bits per heavy atom. The van der Waals surface area contributed by atoms with Crippen LogP contribution < -0.4 is 5.32 Å². The third-order valence-corrected chi connectivity index (χ3v) is 3.27. The van der Waals surface area contributed by atoms with E-state index in [9.17, 15) is 0 Å². The molecular weight excluding hydrogens is 202 g/mol. The molecule has 0 aromatic carbocycles. The molecule has 2 rings (SSSR count). The van der Waals surface area contributed by atoms with Crippen molar-refractivity contribution in [2.45, 2.75) is 39.4 Å². The molecule has 1 saturated heterocycles. The van der Waals surface area contributed by atoms with Gasteiger partial charge in [0.25, 0.3) is 0 Å². The topological polar surface area (TPSA) is 41.3 Å². The highest BCUT2D eigenvalue weighted by molar-refractivity contribution is 4.96. The van der Waals surface area contributed by atoms with Crippen LogP contribution in [0.3, 0.4) is 0 Å². The molecule has 0 bridgehead atoms. The quantitative estimate of drug-likeness (QED) is 0.843. The van der Waals surface area contributed by atoms with E-state index in [1.54, 1.807) is 6.20 Å². The maximum atomic E-state index is 5.19. The van der Waals surface area contributed by atoms with Crippen molar-refractivity contribution < 1.29 is 4.52 Å². The van der Waals surface area contributed by atoms with Gasteiger partial charge in [0.05, 0.1) is 12.7 Å². The Hall–Kier alpha value is -0.870. The second-order valence-electron chi connectivity index (χ2n) is 5.03. The van der Waals surface area contributed by atoms with Crippen molar-refractivity contribution >= 4 is 0 Å². The van der Waals surface area contributed by atoms with Crippen LogP contribution in [0.5, 0.6) is 0 Å². The Labute approximate surface area is 97.0 Å². The summed E-state index contributed by atoms with van der Waals surface area (Å²) in [5.41, 5.74) is 0. The van der Waals surface area contributed by atoms with Crippen molar-refractivity contribution in [1.82, 2.24) is 15.4 Å². The molecular formula is C12H21N3O. The molecule has 0 saturated carbocycles. The zero-order chi connectivity index (χ0) is 11.5.